The summed E-state index contributed by atoms with van der Waals surface area (Å²) in [7, 11) is 0. The lowest BCUT2D eigenvalue weighted by Crippen LogP contribution is -2.00. The van der Waals surface area contributed by atoms with Gasteiger partial charge in [-0.15, -0.1) is 0 Å². The van der Waals surface area contributed by atoms with Crippen molar-refractivity contribution in [2.75, 3.05) is 0 Å². The van der Waals surface area contributed by atoms with Gasteiger partial charge in [-0.3, -0.25) is 0 Å². The van der Waals surface area contributed by atoms with Crippen LogP contribution in [0, 0.1) is 17.5 Å². The molecule has 0 aliphatic rings. The van der Waals surface area contributed by atoms with Crippen LogP contribution in [0.2, 0.25) is 5.02 Å². The molecule has 0 radical (unpaired) electrons. The van der Waals surface area contributed by atoms with E-state index in [0.29, 0.717) is 5.02 Å². The van der Waals surface area contributed by atoms with Crippen molar-refractivity contribution in [2.24, 2.45) is 0 Å². The summed E-state index contributed by atoms with van der Waals surface area (Å²) < 4.78 is 40.0. The summed E-state index contributed by atoms with van der Waals surface area (Å²) in [4.78, 5) is -0.725. The van der Waals surface area contributed by atoms with E-state index in [1.54, 1.807) is 0 Å². The highest BCUT2D eigenvalue weighted by Crippen LogP contribution is 2.35. The van der Waals surface area contributed by atoms with Gasteiger partial charge in [-0.25, -0.2) is 13.2 Å². The van der Waals surface area contributed by atoms with E-state index in [-0.39, 0.29) is 11.1 Å². The number of hydrogen-bond donors (Lipinski definition) is 0. The Morgan fingerprint density at radius 3 is 2.28 bits per heavy atom. The normalized spacial score (nSPS) is 12.5. The minimum absolute atomic E-state index is 0.151. The van der Waals surface area contributed by atoms with Crippen molar-refractivity contribution >= 4 is 27.5 Å². The van der Waals surface area contributed by atoms with E-state index >= 15 is 0 Å². The second-order valence-electron chi connectivity index (χ2n) is 3.69. The summed E-state index contributed by atoms with van der Waals surface area (Å²) in [6.07, 6.45) is 0. The number of halogens is 5. The fourth-order valence-corrected chi connectivity index (χ4v) is 2.49. The summed E-state index contributed by atoms with van der Waals surface area (Å²) in [6.45, 7) is 0. The predicted molar refractivity (Wildman–Crippen MR) is 68.5 cm³/mol. The van der Waals surface area contributed by atoms with Crippen LogP contribution in [0.4, 0.5) is 13.2 Å². The van der Waals surface area contributed by atoms with E-state index in [4.69, 9.17) is 11.6 Å². The fourth-order valence-electron chi connectivity index (χ4n) is 1.58. The SMILES string of the molecule is Fc1ccc(C(Br)c2cc(Cl)ccc2F)c(F)c1. The Morgan fingerprint density at radius 1 is 0.889 bits per heavy atom. The zero-order chi connectivity index (χ0) is 13.3. The van der Waals surface area contributed by atoms with Crippen LogP contribution < -0.4 is 0 Å². The molecule has 0 aliphatic heterocycles. The van der Waals surface area contributed by atoms with Gasteiger partial charge in [0.2, 0.25) is 0 Å². The Balaban J connectivity index is 2.47. The van der Waals surface area contributed by atoms with Gasteiger partial charge in [-0.1, -0.05) is 33.6 Å². The Hall–Kier alpha value is -1.00. The molecule has 0 amide bonds. The summed E-state index contributed by atoms with van der Waals surface area (Å²) in [5, 5.41) is 0.346. The van der Waals surface area contributed by atoms with Crippen LogP contribution in [0.15, 0.2) is 36.4 Å². The Bertz CT molecular complexity index is 586. The largest absolute Gasteiger partial charge is 0.207 e. The molecule has 18 heavy (non-hydrogen) atoms. The summed E-state index contributed by atoms with van der Waals surface area (Å²) in [6, 6.07) is 7.15. The topological polar surface area (TPSA) is 0 Å². The molecule has 0 saturated heterocycles. The molecule has 0 saturated carbocycles. The maximum Gasteiger partial charge on any atom is 0.130 e. The first-order valence-electron chi connectivity index (χ1n) is 5.03. The second-order valence-corrected chi connectivity index (χ2v) is 5.05. The quantitative estimate of drug-likeness (QED) is 0.658. The van der Waals surface area contributed by atoms with E-state index in [1.807, 2.05) is 0 Å². The van der Waals surface area contributed by atoms with Crippen molar-refractivity contribution in [2.45, 2.75) is 4.83 Å². The maximum atomic E-state index is 13.6. The third kappa shape index (κ3) is 2.70. The minimum Gasteiger partial charge on any atom is -0.207 e. The van der Waals surface area contributed by atoms with Crippen molar-refractivity contribution in [3.63, 3.8) is 0 Å². The smallest absolute Gasteiger partial charge is 0.130 e. The molecule has 0 fully saturated rings. The Kier molecular flexibility index (Phi) is 3.97. The Morgan fingerprint density at radius 2 is 1.61 bits per heavy atom. The highest BCUT2D eigenvalue weighted by Gasteiger charge is 2.19. The molecular weight excluding hydrogens is 328 g/mol. The molecule has 2 rings (SSSR count). The highest BCUT2D eigenvalue weighted by atomic mass is 79.9. The number of benzene rings is 2. The van der Waals surface area contributed by atoms with E-state index in [0.717, 1.165) is 12.1 Å². The molecule has 1 atom stereocenters. The van der Waals surface area contributed by atoms with Gasteiger partial charge in [0.1, 0.15) is 17.5 Å². The molecule has 5 heteroatoms. The molecule has 0 bridgehead atoms. The molecule has 1 unspecified atom stereocenters. The highest BCUT2D eigenvalue weighted by molar-refractivity contribution is 9.09. The first-order chi connectivity index (χ1) is 8.49. The average molecular weight is 336 g/mol. The van der Waals surface area contributed by atoms with Crippen LogP contribution in [-0.4, -0.2) is 0 Å². The van der Waals surface area contributed by atoms with Crippen LogP contribution in [-0.2, 0) is 0 Å². The van der Waals surface area contributed by atoms with Crippen molar-refractivity contribution in [3.05, 3.63) is 70.0 Å². The fraction of sp³-hybridized carbons (Fsp3) is 0.0769. The van der Waals surface area contributed by atoms with Gasteiger partial charge in [0.15, 0.2) is 0 Å². The zero-order valence-corrected chi connectivity index (χ0v) is 11.3. The van der Waals surface area contributed by atoms with Crippen molar-refractivity contribution in [1.82, 2.24) is 0 Å². The van der Waals surface area contributed by atoms with Gasteiger partial charge in [-0.05, 0) is 24.3 Å². The molecule has 0 aromatic heterocycles. The van der Waals surface area contributed by atoms with E-state index in [2.05, 4.69) is 15.9 Å². The van der Waals surface area contributed by atoms with Gasteiger partial charge in [0.25, 0.3) is 0 Å². The van der Waals surface area contributed by atoms with Gasteiger partial charge in [0.05, 0.1) is 4.83 Å². The lowest BCUT2D eigenvalue weighted by atomic mass is 10.0. The van der Waals surface area contributed by atoms with Crippen LogP contribution in [0.25, 0.3) is 0 Å². The molecule has 0 spiro atoms. The van der Waals surface area contributed by atoms with Crippen LogP contribution >= 0.6 is 27.5 Å². The molecule has 0 aliphatic carbocycles. The lowest BCUT2D eigenvalue weighted by molar-refractivity contribution is 0.571. The van der Waals surface area contributed by atoms with E-state index in [1.165, 1.54) is 24.3 Å². The molecule has 0 heterocycles. The van der Waals surface area contributed by atoms with E-state index in [9.17, 15) is 13.2 Å². The predicted octanol–water partition coefficient (Wildman–Crippen LogP) is 5.24. The summed E-state index contributed by atoms with van der Waals surface area (Å²) in [5.74, 6) is -1.93. The van der Waals surface area contributed by atoms with E-state index < -0.39 is 22.3 Å². The summed E-state index contributed by atoms with van der Waals surface area (Å²) >= 11 is 8.97. The van der Waals surface area contributed by atoms with Gasteiger partial charge in [-0.2, -0.15) is 0 Å². The van der Waals surface area contributed by atoms with Crippen LogP contribution in [0.1, 0.15) is 16.0 Å². The number of hydrogen-bond acceptors (Lipinski definition) is 0. The molecule has 94 valence electrons. The van der Waals surface area contributed by atoms with Crippen molar-refractivity contribution in [1.29, 1.82) is 0 Å². The maximum absolute atomic E-state index is 13.6. The van der Waals surface area contributed by atoms with Crippen LogP contribution in [0.3, 0.4) is 0 Å². The summed E-state index contributed by atoms with van der Waals surface area (Å²) in [5.41, 5.74) is 0.352. The molecular formula is C13H7BrClF3. The van der Waals surface area contributed by atoms with Gasteiger partial charge < -0.3 is 0 Å². The second kappa shape index (κ2) is 5.33. The first-order valence-corrected chi connectivity index (χ1v) is 6.32. The standard InChI is InChI=1S/C13H7BrClF3/c14-13(9-3-2-8(16)6-12(9)18)10-5-7(15)1-4-11(10)17/h1-6,13H. The van der Waals surface area contributed by atoms with Crippen molar-refractivity contribution in [3.8, 4) is 0 Å². The minimum atomic E-state index is -0.740. The van der Waals surface area contributed by atoms with Gasteiger partial charge in [0, 0.05) is 22.2 Å². The monoisotopic (exact) mass is 334 g/mol. The molecule has 0 nitrogen and oxygen atoms in total. The average Bonchev–Trinajstić information content (AvgIpc) is 2.31. The molecule has 2 aromatic rings. The number of alkyl halides is 1. The molecule has 0 N–H and O–H groups in total. The Labute approximate surface area is 116 Å². The van der Waals surface area contributed by atoms with Crippen molar-refractivity contribution < 1.29 is 13.2 Å². The van der Waals surface area contributed by atoms with Gasteiger partial charge >= 0.3 is 0 Å². The zero-order valence-electron chi connectivity index (χ0n) is 8.93. The lowest BCUT2D eigenvalue weighted by Gasteiger charge is -2.13. The number of rotatable bonds is 2. The first kappa shape index (κ1) is 13.4. The third-order valence-electron chi connectivity index (χ3n) is 2.47. The van der Waals surface area contributed by atoms with Crippen LogP contribution in [0.5, 0.6) is 0 Å². The third-order valence-corrected chi connectivity index (χ3v) is 3.69. The molecule has 2 aromatic carbocycles.